The van der Waals surface area contributed by atoms with E-state index >= 15 is 0 Å². The molecule has 3 aromatic rings. The number of anilines is 1. The minimum Gasteiger partial charge on any atom is -0.503 e. The van der Waals surface area contributed by atoms with Gasteiger partial charge in [0.05, 0.1) is 11.6 Å². The maximum absolute atomic E-state index is 13.4. The molecule has 9 nitrogen and oxygen atoms in total. The monoisotopic (exact) mass is 476 g/mol. The summed E-state index contributed by atoms with van der Waals surface area (Å²) in [6, 6.07) is 14.0. The summed E-state index contributed by atoms with van der Waals surface area (Å²) < 4.78 is 10.4. The highest BCUT2D eigenvalue weighted by atomic mass is 16.5. The molecule has 1 aliphatic heterocycles. The Balaban J connectivity index is 1.85. The molecule has 0 radical (unpaired) electrons. The number of carbonyl (C=O) groups excluding carboxylic acids is 2. The fraction of sp³-hybridized carbons (Fsp3) is 0.231. The molecule has 1 amide bonds. The number of amides is 1. The van der Waals surface area contributed by atoms with Gasteiger partial charge in [-0.2, -0.15) is 0 Å². The van der Waals surface area contributed by atoms with E-state index in [1.165, 1.54) is 11.2 Å². The molecule has 1 unspecified atom stereocenters. The van der Waals surface area contributed by atoms with Crippen molar-refractivity contribution in [1.29, 1.82) is 0 Å². The number of carbonyl (C=O) groups is 3. The molecule has 9 heteroatoms. The number of carboxylic acid groups (broad SMARTS) is 1. The molecule has 0 fully saturated rings. The van der Waals surface area contributed by atoms with Crippen LogP contribution in [-0.2, 0) is 14.4 Å². The van der Waals surface area contributed by atoms with Gasteiger partial charge in [0.15, 0.2) is 18.1 Å². The van der Waals surface area contributed by atoms with Crippen molar-refractivity contribution in [3.05, 3.63) is 77.8 Å². The van der Waals surface area contributed by atoms with Gasteiger partial charge in [0.2, 0.25) is 0 Å². The van der Waals surface area contributed by atoms with Crippen LogP contribution in [0, 0.1) is 5.41 Å². The summed E-state index contributed by atoms with van der Waals surface area (Å²) in [6.07, 6.45) is 1.45. The van der Waals surface area contributed by atoms with Crippen LogP contribution in [0.1, 0.15) is 32.4 Å². The number of hydrogen-bond donors (Lipinski definition) is 2. The molecule has 0 saturated carbocycles. The van der Waals surface area contributed by atoms with Crippen molar-refractivity contribution in [2.75, 3.05) is 11.5 Å². The largest absolute Gasteiger partial charge is 0.503 e. The summed E-state index contributed by atoms with van der Waals surface area (Å²) in [5.41, 5.74) is 1.18. The van der Waals surface area contributed by atoms with Crippen LogP contribution in [-0.4, -0.2) is 39.6 Å². The van der Waals surface area contributed by atoms with E-state index in [2.05, 4.69) is 5.16 Å². The number of carboxylic acids is 1. The van der Waals surface area contributed by atoms with E-state index in [4.69, 9.17) is 14.4 Å². The second kappa shape index (κ2) is 9.09. The number of hydrogen-bond acceptors (Lipinski definition) is 7. The SMILES string of the molecule is CC(C)(C)C(=O)C1=C(O)C(=O)N(c2ccc(-c3ccon3)cc2)C1c1ccccc1OCC(=O)O. The van der Waals surface area contributed by atoms with Gasteiger partial charge in [0, 0.05) is 28.3 Å². The Hall–Kier alpha value is -4.40. The number of aliphatic hydroxyl groups excluding tert-OH is 1. The zero-order chi connectivity index (χ0) is 25.3. The standard InChI is InChI=1S/C26H24N2O7/c1-26(2,3)24(32)21-22(17-6-4-5-7-19(17)34-14-20(29)30)28(25(33)23(21)31)16-10-8-15(9-11-16)18-12-13-35-27-18/h4-13,22,31H,14H2,1-3H3,(H,29,30). The summed E-state index contributed by atoms with van der Waals surface area (Å²) in [6.45, 7) is 4.47. The third-order valence-corrected chi connectivity index (χ3v) is 5.58. The fourth-order valence-corrected chi connectivity index (χ4v) is 3.93. The Morgan fingerprint density at radius 2 is 1.77 bits per heavy atom. The third-order valence-electron chi connectivity index (χ3n) is 5.58. The first-order chi connectivity index (χ1) is 16.6. The maximum Gasteiger partial charge on any atom is 0.341 e. The molecule has 2 aromatic carbocycles. The second-order valence-electron chi connectivity index (χ2n) is 9.07. The second-order valence-corrected chi connectivity index (χ2v) is 9.07. The topological polar surface area (TPSA) is 130 Å². The van der Waals surface area contributed by atoms with E-state index in [1.807, 2.05) is 0 Å². The lowest BCUT2D eigenvalue weighted by Crippen LogP contribution is -2.33. The Morgan fingerprint density at radius 3 is 2.37 bits per heavy atom. The van der Waals surface area contributed by atoms with Crippen LogP contribution in [0.5, 0.6) is 5.75 Å². The van der Waals surface area contributed by atoms with E-state index in [0.717, 1.165) is 5.56 Å². The average Bonchev–Trinajstić information content (AvgIpc) is 3.44. The zero-order valence-electron chi connectivity index (χ0n) is 19.4. The molecule has 2 heterocycles. The van der Waals surface area contributed by atoms with E-state index < -0.39 is 41.5 Å². The first kappa shape index (κ1) is 23.7. The lowest BCUT2D eigenvalue weighted by atomic mass is 9.82. The maximum atomic E-state index is 13.4. The van der Waals surface area contributed by atoms with Crippen LogP contribution in [0.2, 0.25) is 0 Å². The molecule has 1 atom stereocenters. The Kier molecular flexibility index (Phi) is 6.17. The Labute approximate surface area is 201 Å². The van der Waals surface area contributed by atoms with Gasteiger partial charge in [0.25, 0.3) is 5.91 Å². The van der Waals surface area contributed by atoms with Crippen molar-refractivity contribution < 1.29 is 33.9 Å². The number of aromatic nitrogens is 1. The Bertz CT molecular complexity index is 1300. The first-order valence-electron chi connectivity index (χ1n) is 10.9. The molecule has 35 heavy (non-hydrogen) atoms. The van der Waals surface area contributed by atoms with Crippen molar-refractivity contribution in [2.24, 2.45) is 5.41 Å². The quantitative estimate of drug-likeness (QED) is 0.516. The minimum atomic E-state index is -1.17. The Morgan fingerprint density at radius 1 is 1.09 bits per heavy atom. The van der Waals surface area contributed by atoms with Gasteiger partial charge in [-0.05, 0) is 18.2 Å². The lowest BCUT2D eigenvalue weighted by Gasteiger charge is -2.30. The van der Waals surface area contributed by atoms with Gasteiger partial charge in [-0.1, -0.05) is 56.3 Å². The van der Waals surface area contributed by atoms with Gasteiger partial charge >= 0.3 is 5.97 Å². The summed E-state index contributed by atoms with van der Waals surface area (Å²) in [4.78, 5) is 39.2. The van der Waals surface area contributed by atoms with E-state index in [0.29, 0.717) is 16.9 Å². The van der Waals surface area contributed by atoms with Crippen LogP contribution >= 0.6 is 0 Å². The number of benzene rings is 2. The fourth-order valence-electron chi connectivity index (χ4n) is 3.93. The molecule has 0 aliphatic carbocycles. The smallest absolute Gasteiger partial charge is 0.341 e. The van der Waals surface area contributed by atoms with Crippen molar-refractivity contribution >= 4 is 23.3 Å². The van der Waals surface area contributed by atoms with E-state index in [9.17, 15) is 19.5 Å². The predicted molar refractivity (Wildman–Crippen MR) is 126 cm³/mol. The van der Waals surface area contributed by atoms with Gasteiger partial charge in [0.1, 0.15) is 17.7 Å². The predicted octanol–water partition coefficient (Wildman–Crippen LogP) is 4.32. The highest BCUT2D eigenvalue weighted by molar-refractivity contribution is 6.17. The van der Waals surface area contributed by atoms with Gasteiger partial charge in [-0.15, -0.1) is 0 Å². The number of para-hydroxylation sites is 1. The van der Waals surface area contributed by atoms with Crippen molar-refractivity contribution in [3.63, 3.8) is 0 Å². The van der Waals surface area contributed by atoms with Crippen molar-refractivity contribution in [1.82, 2.24) is 5.16 Å². The molecule has 1 aromatic heterocycles. The molecular formula is C26H24N2O7. The van der Waals surface area contributed by atoms with E-state index in [-0.39, 0.29) is 11.3 Å². The highest BCUT2D eigenvalue weighted by Crippen LogP contribution is 2.46. The number of nitrogens with zero attached hydrogens (tertiary/aromatic N) is 2. The van der Waals surface area contributed by atoms with E-state index in [1.54, 1.807) is 75.4 Å². The number of aliphatic carboxylic acids is 1. The van der Waals surface area contributed by atoms with Crippen LogP contribution in [0.4, 0.5) is 5.69 Å². The number of ether oxygens (including phenoxy) is 1. The molecule has 0 bridgehead atoms. The third kappa shape index (κ3) is 4.52. The molecule has 0 saturated heterocycles. The summed E-state index contributed by atoms with van der Waals surface area (Å²) in [7, 11) is 0. The highest BCUT2D eigenvalue weighted by Gasteiger charge is 2.47. The molecule has 4 rings (SSSR count). The molecule has 0 spiro atoms. The van der Waals surface area contributed by atoms with Crippen LogP contribution < -0.4 is 9.64 Å². The van der Waals surface area contributed by atoms with Crippen LogP contribution in [0.3, 0.4) is 0 Å². The lowest BCUT2D eigenvalue weighted by molar-refractivity contribution is -0.139. The normalized spacial score (nSPS) is 16.0. The summed E-state index contributed by atoms with van der Waals surface area (Å²) in [5.74, 6) is -2.80. The van der Waals surface area contributed by atoms with Crippen LogP contribution in [0.15, 0.2) is 76.7 Å². The molecular weight excluding hydrogens is 452 g/mol. The number of aliphatic hydroxyl groups is 1. The number of ketones is 1. The summed E-state index contributed by atoms with van der Waals surface area (Å²) in [5, 5.41) is 23.9. The zero-order valence-corrected chi connectivity index (χ0v) is 19.4. The van der Waals surface area contributed by atoms with Gasteiger partial charge < -0.3 is 19.5 Å². The molecule has 1 aliphatic rings. The van der Waals surface area contributed by atoms with Gasteiger partial charge in [-0.25, -0.2) is 4.79 Å². The van der Waals surface area contributed by atoms with Crippen molar-refractivity contribution in [3.8, 4) is 17.0 Å². The number of rotatable bonds is 7. The first-order valence-corrected chi connectivity index (χ1v) is 10.9. The van der Waals surface area contributed by atoms with Crippen LogP contribution in [0.25, 0.3) is 11.3 Å². The molecule has 180 valence electrons. The number of Topliss-reactive ketones (excluding diaryl/α,β-unsaturated/α-hetero) is 1. The van der Waals surface area contributed by atoms with Gasteiger partial charge in [-0.3, -0.25) is 14.5 Å². The molecule has 2 N–H and O–H groups in total. The summed E-state index contributed by atoms with van der Waals surface area (Å²) >= 11 is 0. The van der Waals surface area contributed by atoms with Crippen molar-refractivity contribution in [2.45, 2.75) is 26.8 Å². The average molecular weight is 476 g/mol. The minimum absolute atomic E-state index is 0.0746.